The molecule has 144 valence electrons. The van der Waals surface area contributed by atoms with E-state index in [-0.39, 0.29) is 5.91 Å². The van der Waals surface area contributed by atoms with Gasteiger partial charge in [0.1, 0.15) is 0 Å². The second-order valence-electron chi connectivity index (χ2n) is 6.45. The third kappa shape index (κ3) is 4.47. The van der Waals surface area contributed by atoms with Crippen molar-refractivity contribution in [3.05, 3.63) is 94.8 Å². The van der Waals surface area contributed by atoms with E-state index >= 15 is 0 Å². The van der Waals surface area contributed by atoms with Gasteiger partial charge in [-0.3, -0.25) is 4.79 Å². The molecule has 4 nitrogen and oxygen atoms in total. The standard InChI is InChI=1S/C23H18ClN3OS/c1-27(20-5-3-2-4-6-20)23-26-21(15-29-23)16-9-13-19(14-10-16)25-22(28)17-7-11-18(24)12-8-17/h2-15H,1H3,(H,25,28). The van der Waals surface area contributed by atoms with Gasteiger partial charge in [0.15, 0.2) is 5.13 Å². The first kappa shape index (κ1) is 19.2. The molecule has 0 atom stereocenters. The van der Waals surface area contributed by atoms with Crippen LogP contribution in [0.3, 0.4) is 0 Å². The number of hydrogen-bond donors (Lipinski definition) is 1. The predicted molar refractivity (Wildman–Crippen MR) is 121 cm³/mol. The molecule has 1 aromatic heterocycles. The number of rotatable bonds is 5. The van der Waals surface area contributed by atoms with Gasteiger partial charge in [-0.05, 0) is 48.5 Å². The topological polar surface area (TPSA) is 45.2 Å². The number of aromatic nitrogens is 1. The highest BCUT2D eigenvalue weighted by molar-refractivity contribution is 7.14. The number of nitrogens with zero attached hydrogens (tertiary/aromatic N) is 2. The van der Waals surface area contributed by atoms with Crippen molar-refractivity contribution in [3.8, 4) is 11.3 Å². The number of amides is 1. The summed E-state index contributed by atoms with van der Waals surface area (Å²) >= 11 is 7.46. The smallest absolute Gasteiger partial charge is 0.255 e. The van der Waals surface area contributed by atoms with Crippen LogP contribution in [0.4, 0.5) is 16.5 Å². The lowest BCUT2D eigenvalue weighted by molar-refractivity contribution is 0.102. The van der Waals surface area contributed by atoms with Crippen LogP contribution in [0, 0.1) is 0 Å². The summed E-state index contributed by atoms with van der Waals surface area (Å²) in [4.78, 5) is 19.1. The fraction of sp³-hybridized carbons (Fsp3) is 0.0435. The molecule has 3 aromatic carbocycles. The molecule has 1 heterocycles. The third-order valence-corrected chi connectivity index (χ3v) is 5.64. The van der Waals surface area contributed by atoms with Gasteiger partial charge in [0.05, 0.1) is 5.69 Å². The first-order chi connectivity index (χ1) is 14.1. The van der Waals surface area contributed by atoms with E-state index in [0.717, 1.165) is 27.8 Å². The van der Waals surface area contributed by atoms with Crippen LogP contribution < -0.4 is 10.2 Å². The molecular formula is C23H18ClN3OS. The number of nitrogens with one attached hydrogen (secondary N) is 1. The summed E-state index contributed by atoms with van der Waals surface area (Å²) in [6, 6.07) is 24.6. The van der Waals surface area contributed by atoms with Crippen LogP contribution in [0.15, 0.2) is 84.2 Å². The lowest BCUT2D eigenvalue weighted by Crippen LogP contribution is -2.11. The minimum Gasteiger partial charge on any atom is -0.322 e. The van der Waals surface area contributed by atoms with Gasteiger partial charge in [-0.1, -0.05) is 41.9 Å². The number of anilines is 3. The third-order valence-electron chi connectivity index (χ3n) is 4.47. The fourth-order valence-corrected chi connectivity index (χ4v) is 3.79. The molecule has 6 heteroatoms. The van der Waals surface area contributed by atoms with E-state index < -0.39 is 0 Å². The molecule has 0 fully saturated rings. The van der Waals surface area contributed by atoms with Gasteiger partial charge in [0, 0.05) is 40.0 Å². The van der Waals surface area contributed by atoms with Gasteiger partial charge in [-0.25, -0.2) is 4.98 Å². The first-order valence-electron chi connectivity index (χ1n) is 9.02. The zero-order chi connectivity index (χ0) is 20.2. The molecule has 4 rings (SSSR count). The molecule has 0 unspecified atom stereocenters. The number of hydrogen-bond acceptors (Lipinski definition) is 4. The highest BCUT2D eigenvalue weighted by Crippen LogP contribution is 2.31. The van der Waals surface area contributed by atoms with Gasteiger partial charge < -0.3 is 10.2 Å². The number of halogens is 1. The molecule has 29 heavy (non-hydrogen) atoms. The van der Waals surface area contributed by atoms with Crippen molar-refractivity contribution in [1.82, 2.24) is 4.98 Å². The highest BCUT2D eigenvalue weighted by atomic mass is 35.5. The van der Waals surface area contributed by atoms with Crippen LogP contribution in [0.1, 0.15) is 10.4 Å². The lowest BCUT2D eigenvalue weighted by Gasteiger charge is -2.15. The molecule has 0 aliphatic heterocycles. The van der Waals surface area contributed by atoms with Crippen molar-refractivity contribution in [2.45, 2.75) is 0 Å². The van der Waals surface area contributed by atoms with Crippen molar-refractivity contribution >= 4 is 45.4 Å². The van der Waals surface area contributed by atoms with E-state index in [1.807, 2.05) is 54.9 Å². The summed E-state index contributed by atoms with van der Waals surface area (Å²) in [6.45, 7) is 0. The van der Waals surface area contributed by atoms with Gasteiger partial charge in [0.25, 0.3) is 5.91 Å². The van der Waals surface area contributed by atoms with E-state index in [4.69, 9.17) is 16.6 Å². The summed E-state index contributed by atoms with van der Waals surface area (Å²) < 4.78 is 0. The van der Waals surface area contributed by atoms with Crippen LogP contribution in [-0.4, -0.2) is 17.9 Å². The van der Waals surface area contributed by atoms with E-state index in [1.165, 1.54) is 0 Å². The van der Waals surface area contributed by atoms with Crippen LogP contribution in [0.5, 0.6) is 0 Å². The fourth-order valence-electron chi connectivity index (χ4n) is 2.84. The minimum atomic E-state index is -0.171. The molecule has 0 aliphatic rings. The number of carbonyl (C=O) groups is 1. The zero-order valence-corrected chi connectivity index (χ0v) is 17.2. The molecule has 0 saturated heterocycles. The molecule has 1 amide bonds. The molecule has 0 radical (unpaired) electrons. The van der Waals surface area contributed by atoms with Gasteiger partial charge in [-0.15, -0.1) is 11.3 Å². The SMILES string of the molecule is CN(c1ccccc1)c1nc(-c2ccc(NC(=O)c3ccc(Cl)cc3)cc2)cs1. The maximum absolute atomic E-state index is 12.3. The molecular weight excluding hydrogens is 402 g/mol. The minimum absolute atomic E-state index is 0.171. The lowest BCUT2D eigenvalue weighted by atomic mass is 10.1. The number of para-hydroxylation sites is 1. The number of carbonyl (C=O) groups excluding carboxylic acids is 1. The van der Waals surface area contributed by atoms with Crippen molar-refractivity contribution in [3.63, 3.8) is 0 Å². The largest absolute Gasteiger partial charge is 0.322 e. The van der Waals surface area contributed by atoms with Gasteiger partial charge in [0.2, 0.25) is 0 Å². The van der Waals surface area contributed by atoms with Crippen LogP contribution in [0.25, 0.3) is 11.3 Å². The summed E-state index contributed by atoms with van der Waals surface area (Å²) in [5, 5.41) is 6.46. The van der Waals surface area contributed by atoms with Crippen molar-refractivity contribution < 1.29 is 4.79 Å². The van der Waals surface area contributed by atoms with E-state index in [0.29, 0.717) is 10.6 Å². The molecule has 4 aromatic rings. The van der Waals surface area contributed by atoms with E-state index in [9.17, 15) is 4.79 Å². The summed E-state index contributed by atoms with van der Waals surface area (Å²) in [5.41, 5.74) is 4.28. The van der Waals surface area contributed by atoms with E-state index in [1.54, 1.807) is 35.6 Å². The summed E-state index contributed by atoms with van der Waals surface area (Å²) in [5.74, 6) is -0.171. The predicted octanol–water partition coefficient (Wildman–Crippen LogP) is 6.48. The average molecular weight is 420 g/mol. The average Bonchev–Trinajstić information content (AvgIpc) is 3.25. The zero-order valence-electron chi connectivity index (χ0n) is 15.7. The normalized spacial score (nSPS) is 10.6. The molecule has 1 N–H and O–H groups in total. The highest BCUT2D eigenvalue weighted by Gasteiger charge is 2.11. The van der Waals surface area contributed by atoms with Gasteiger partial charge >= 0.3 is 0 Å². The number of thiazole rings is 1. The van der Waals surface area contributed by atoms with Crippen LogP contribution in [0.2, 0.25) is 5.02 Å². The Hall–Kier alpha value is -3.15. The first-order valence-corrected chi connectivity index (χ1v) is 10.3. The Bertz CT molecular complexity index is 1110. The molecule has 0 saturated carbocycles. The maximum atomic E-state index is 12.3. The molecule has 0 aliphatic carbocycles. The maximum Gasteiger partial charge on any atom is 0.255 e. The van der Waals surface area contributed by atoms with Crippen molar-refractivity contribution in [2.24, 2.45) is 0 Å². The Morgan fingerprint density at radius 3 is 2.34 bits per heavy atom. The van der Waals surface area contributed by atoms with Gasteiger partial charge in [-0.2, -0.15) is 0 Å². The van der Waals surface area contributed by atoms with Crippen LogP contribution in [-0.2, 0) is 0 Å². The van der Waals surface area contributed by atoms with Crippen molar-refractivity contribution in [2.75, 3.05) is 17.3 Å². The Kier molecular flexibility index (Phi) is 5.60. The molecule has 0 spiro atoms. The molecule has 0 bridgehead atoms. The Morgan fingerprint density at radius 2 is 1.66 bits per heavy atom. The quantitative estimate of drug-likeness (QED) is 0.402. The summed E-state index contributed by atoms with van der Waals surface area (Å²) in [7, 11) is 2.01. The monoisotopic (exact) mass is 419 g/mol. The van der Waals surface area contributed by atoms with Crippen molar-refractivity contribution in [1.29, 1.82) is 0 Å². The second-order valence-corrected chi connectivity index (χ2v) is 7.72. The second kappa shape index (κ2) is 8.47. The summed E-state index contributed by atoms with van der Waals surface area (Å²) in [6.07, 6.45) is 0. The Balaban J connectivity index is 1.46. The van der Waals surface area contributed by atoms with E-state index in [2.05, 4.69) is 22.3 Å². The Labute approximate surface area is 178 Å². The Morgan fingerprint density at radius 1 is 0.966 bits per heavy atom. The van der Waals surface area contributed by atoms with Crippen LogP contribution >= 0.6 is 22.9 Å². The number of benzene rings is 3.